The Morgan fingerprint density at radius 2 is 2.23 bits per heavy atom. The molecule has 3 N–H and O–H groups in total. The van der Waals surface area contributed by atoms with Crippen LogP contribution in [-0.2, 0) is 0 Å². The summed E-state index contributed by atoms with van der Waals surface area (Å²) in [6.45, 7) is 2.23. The summed E-state index contributed by atoms with van der Waals surface area (Å²) in [4.78, 5) is 4.50. The van der Waals surface area contributed by atoms with Crippen molar-refractivity contribution in [2.45, 2.75) is 43.5 Å². The van der Waals surface area contributed by atoms with Crippen LogP contribution in [0.3, 0.4) is 0 Å². The molecule has 3 nitrogen and oxygen atoms in total. The summed E-state index contributed by atoms with van der Waals surface area (Å²) >= 11 is 1.99. The van der Waals surface area contributed by atoms with Crippen LogP contribution in [0, 0.1) is 0 Å². The van der Waals surface area contributed by atoms with Gasteiger partial charge in [-0.1, -0.05) is 6.92 Å². The minimum atomic E-state index is 0.441. The van der Waals surface area contributed by atoms with Crippen LogP contribution in [0.25, 0.3) is 0 Å². The molecule has 0 aromatic heterocycles. The molecule has 1 aliphatic heterocycles. The molecule has 1 saturated carbocycles. The molecule has 0 aromatic carbocycles. The summed E-state index contributed by atoms with van der Waals surface area (Å²) in [6, 6.07) is 1.06. The fourth-order valence-corrected chi connectivity index (χ4v) is 2.71. The van der Waals surface area contributed by atoms with Crippen molar-refractivity contribution in [1.82, 2.24) is 5.32 Å². The lowest BCUT2D eigenvalue weighted by Gasteiger charge is -2.11. The van der Waals surface area contributed by atoms with E-state index in [4.69, 9.17) is 5.73 Å². The molecule has 13 heavy (non-hydrogen) atoms. The Hall–Kier alpha value is -0.380. The summed E-state index contributed by atoms with van der Waals surface area (Å²) < 4.78 is 0. The molecule has 2 aliphatic rings. The fourth-order valence-electron chi connectivity index (χ4n) is 1.54. The van der Waals surface area contributed by atoms with Crippen molar-refractivity contribution in [3.63, 3.8) is 0 Å². The highest BCUT2D eigenvalue weighted by molar-refractivity contribution is 8.00. The molecule has 4 heteroatoms. The lowest BCUT2D eigenvalue weighted by Crippen LogP contribution is -2.35. The van der Waals surface area contributed by atoms with Gasteiger partial charge in [-0.3, -0.25) is 0 Å². The highest BCUT2D eigenvalue weighted by atomic mass is 32.2. The van der Waals surface area contributed by atoms with Gasteiger partial charge in [0.2, 0.25) is 0 Å². The number of hydrogen-bond donors (Lipinski definition) is 2. The molecule has 2 rings (SSSR count). The molecule has 2 fully saturated rings. The van der Waals surface area contributed by atoms with Crippen LogP contribution in [-0.4, -0.2) is 29.0 Å². The molecule has 1 saturated heterocycles. The first-order valence-electron chi connectivity index (χ1n) is 4.97. The van der Waals surface area contributed by atoms with Gasteiger partial charge < -0.3 is 11.1 Å². The standard InChI is InChI=1S/C9H17N3S/c1-6-8(4-5-13-6)12-9(10)11-7-2-3-7/h6-8H,2-5H2,1H3,(H3,10,11,12). The van der Waals surface area contributed by atoms with Gasteiger partial charge in [0, 0.05) is 11.3 Å². The van der Waals surface area contributed by atoms with Crippen molar-refractivity contribution >= 4 is 17.7 Å². The Morgan fingerprint density at radius 1 is 1.46 bits per heavy atom. The Morgan fingerprint density at radius 3 is 2.77 bits per heavy atom. The van der Waals surface area contributed by atoms with Gasteiger partial charge in [-0.15, -0.1) is 0 Å². The van der Waals surface area contributed by atoms with Gasteiger partial charge in [-0.05, 0) is 25.0 Å². The molecule has 2 atom stereocenters. The number of nitrogens with one attached hydrogen (secondary N) is 1. The zero-order valence-corrected chi connectivity index (χ0v) is 8.81. The summed E-state index contributed by atoms with van der Waals surface area (Å²) in [5.74, 6) is 1.88. The van der Waals surface area contributed by atoms with Gasteiger partial charge in [-0.25, -0.2) is 4.99 Å². The van der Waals surface area contributed by atoms with E-state index >= 15 is 0 Å². The van der Waals surface area contributed by atoms with Gasteiger partial charge in [0.15, 0.2) is 5.96 Å². The average Bonchev–Trinajstić information content (AvgIpc) is 2.79. The summed E-state index contributed by atoms with van der Waals surface area (Å²) in [6.07, 6.45) is 3.69. The first-order valence-corrected chi connectivity index (χ1v) is 6.02. The zero-order chi connectivity index (χ0) is 9.26. The average molecular weight is 199 g/mol. The minimum absolute atomic E-state index is 0.441. The van der Waals surface area contributed by atoms with Crippen LogP contribution >= 0.6 is 11.8 Å². The lowest BCUT2D eigenvalue weighted by atomic mass is 10.2. The van der Waals surface area contributed by atoms with E-state index in [0.717, 1.165) is 0 Å². The van der Waals surface area contributed by atoms with Gasteiger partial charge in [0.1, 0.15) is 0 Å². The zero-order valence-electron chi connectivity index (χ0n) is 7.99. The number of aliphatic imine (C=N–C) groups is 1. The van der Waals surface area contributed by atoms with E-state index < -0.39 is 0 Å². The quantitative estimate of drug-likeness (QED) is 0.514. The van der Waals surface area contributed by atoms with Crippen LogP contribution in [0.15, 0.2) is 4.99 Å². The topological polar surface area (TPSA) is 50.4 Å². The van der Waals surface area contributed by atoms with E-state index in [2.05, 4.69) is 17.2 Å². The van der Waals surface area contributed by atoms with E-state index in [0.29, 0.717) is 23.3 Å². The highest BCUT2D eigenvalue weighted by Crippen LogP contribution is 2.28. The Kier molecular flexibility index (Phi) is 2.67. The van der Waals surface area contributed by atoms with Crippen molar-refractivity contribution in [3.8, 4) is 0 Å². The lowest BCUT2D eigenvalue weighted by molar-refractivity contribution is 0.671. The van der Waals surface area contributed by atoms with E-state index in [-0.39, 0.29) is 0 Å². The molecule has 2 unspecified atom stereocenters. The highest BCUT2D eigenvalue weighted by Gasteiger charge is 2.25. The molecule has 74 valence electrons. The normalized spacial score (nSPS) is 35.0. The Balaban J connectivity index is 1.85. The Bertz CT molecular complexity index is 213. The fraction of sp³-hybridized carbons (Fsp3) is 0.889. The van der Waals surface area contributed by atoms with E-state index in [1.807, 2.05) is 11.8 Å². The van der Waals surface area contributed by atoms with Gasteiger partial charge >= 0.3 is 0 Å². The second-order valence-corrected chi connectivity index (χ2v) is 5.35. The third-order valence-electron chi connectivity index (χ3n) is 2.57. The first-order chi connectivity index (χ1) is 6.25. The van der Waals surface area contributed by atoms with Crippen molar-refractivity contribution < 1.29 is 0 Å². The number of nitrogens with zero attached hydrogens (tertiary/aromatic N) is 1. The van der Waals surface area contributed by atoms with Crippen LogP contribution in [0.2, 0.25) is 0 Å². The molecule has 0 amide bonds. The van der Waals surface area contributed by atoms with Crippen LogP contribution in [0.4, 0.5) is 0 Å². The van der Waals surface area contributed by atoms with Crippen molar-refractivity contribution in [2.24, 2.45) is 10.7 Å². The predicted octanol–water partition coefficient (Wildman–Crippen LogP) is 0.947. The number of nitrogens with two attached hydrogens (primary N) is 1. The molecule has 1 aliphatic carbocycles. The number of hydrogen-bond acceptors (Lipinski definition) is 2. The second kappa shape index (κ2) is 3.78. The number of thioether (sulfide) groups is 1. The van der Waals surface area contributed by atoms with Crippen LogP contribution < -0.4 is 11.1 Å². The third-order valence-corrected chi connectivity index (χ3v) is 3.88. The van der Waals surface area contributed by atoms with Gasteiger partial charge in [0.05, 0.1) is 6.04 Å². The van der Waals surface area contributed by atoms with Crippen LogP contribution in [0.5, 0.6) is 0 Å². The van der Waals surface area contributed by atoms with Crippen molar-refractivity contribution in [1.29, 1.82) is 0 Å². The molecule has 1 heterocycles. The smallest absolute Gasteiger partial charge is 0.189 e. The monoisotopic (exact) mass is 199 g/mol. The SMILES string of the molecule is CC1SCCC1N=C(N)NC1CC1. The summed E-state index contributed by atoms with van der Waals surface area (Å²) in [5.41, 5.74) is 5.79. The number of guanidine groups is 1. The van der Waals surface area contributed by atoms with E-state index in [9.17, 15) is 0 Å². The third kappa shape index (κ3) is 2.53. The first kappa shape index (κ1) is 9.19. The van der Waals surface area contributed by atoms with Gasteiger partial charge in [0.25, 0.3) is 0 Å². The summed E-state index contributed by atoms with van der Waals surface area (Å²) in [7, 11) is 0. The van der Waals surface area contributed by atoms with Gasteiger partial charge in [-0.2, -0.15) is 11.8 Å². The van der Waals surface area contributed by atoms with Crippen molar-refractivity contribution in [3.05, 3.63) is 0 Å². The molecule has 0 bridgehead atoms. The minimum Gasteiger partial charge on any atom is -0.370 e. The Labute approximate surface area is 83.6 Å². The maximum atomic E-state index is 5.79. The maximum Gasteiger partial charge on any atom is 0.189 e. The summed E-state index contributed by atoms with van der Waals surface area (Å²) in [5, 5.41) is 3.86. The molecule has 0 radical (unpaired) electrons. The maximum absolute atomic E-state index is 5.79. The second-order valence-electron chi connectivity index (χ2n) is 3.86. The molecule has 0 aromatic rings. The number of rotatable bonds is 2. The van der Waals surface area contributed by atoms with Crippen LogP contribution in [0.1, 0.15) is 26.2 Å². The molecule has 0 spiro atoms. The molecular weight excluding hydrogens is 182 g/mol. The van der Waals surface area contributed by atoms with Crippen molar-refractivity contribution in [2.75, 3.05) is 5.75 Å². The largest absolute Gasteiger partial charge is 0.370 e. The molecular formula is C9H17N3S. The van der Waals surface area contributed by atoms with E-state index in [1.165, 1.54) is 25.0 Å². The predicted molar refractivity (Wildman–Crippen MR) is 58.1 cm³/mol. The van der Waals surface area contributed by atoms with E-state index in [1.54, 1.807) is 0 Å².